The van der Waals surface area contributed by atoms with E-state index < -0.39 is 24.3 Å². The van der Waals surface area contributed by atoms with Gasteiger partial charge in [-0.25, -0.2) is 9.78 Å². The number of imidazole rings is 1. The molecule has 4 aromatic rings. The number of carbonyl (C=O) groups excluding carboxylic acids is 2. The van der Waals surface area contributed by atoms with Gasteiger partial charge in [0.1, 0.15) is 23.7 Å². The van der Waals surface area contributed by atoms with E-state index in [-0.39, 0.29) is 22.1 Å². The molecule has 0 unspecified atom stereocenters. The Bertz CT molecular complexity index is 1600. The van der Waals surface area contributed by atoms with E-state index in [1.807, 2.05) is 4.90 Å². The van der Waals surface area contributed by atoms with E-state index in [0.29, 0.717) is 53.5 Å². The van der Waals surface area contributed by atoms with Crippen molar-refractivity contribution in [2.75, 3.05) is 33.9 Å². The number of rotatable bonds is 11. The highest BCUT2D eigenvalue weighted by Crippen LogP contribution is 2.38. The molecule has 1 aliphatic rings. The summed E-state index contributed by atoms with van der Waals surface area (Å²) >= 11 is 1.05. The summed E-state index contributed by atoms with van der Waals surface area (Å²) < 4.78 is 64.2. The molecule has 0 N–H and O–H groups in total. The molecule has 1 aliphatic heterocycles. The minimum atomic E-state index is -4.55. The number of hydrogen-bond acceptors (Lipinski definition) is 8. The molecule has 0 radical (unpaired) electrons. The molecule has 42 heavy (non-hydrogen) atoms. The van der Waals surface area contributed by atoms with Crippen molar-refractivity contribution in [1.29, 1.82) is 0 Å². The predicted octanol–water partition coefficient (Wildman–Crippen LogP) is 5.87. The molecule has 0 spiro atoms. The first-order valence-corrected chi connectivity index (χ1v) is 14.0. The molecular weight excluding hydrogens is 575 g/mol. The molecule has 222 valence electrons. The van der Waals surface area contributed by atoms with Gasteiger partial charge < -0.3 is 23.8 Å². The number of benzene rings is 2. The molecule has 1 fully saturated rings. The monoisotopic (exact) mass is 603 g/mol. The Morgan fingerprint density at radius 3 is 2.60 bits per heavy atom. The summed E-state index contributed by atoms with van der Waals surface area (Å²) in [7, 11) is 2.73. The Labute approximate surface area is 243 Å². The maximum absolute atomic E-state index is 13.5. The lowest BCUT2D eigenvalue weighted by molar-refractivity contribution is -0.138. The van der Waals surface area contributed by atoms with E-state index in [1.54, 1.807) is 29.1 Å². The Kier molecular flexibility index (Phi) is 8.57. The van der Waals surface area contributed by atoms with Crippen LogP contribution in [0.1, 0.15) is 40.1 Å². The Balaban J connectivity index is 1.37. The van der Waals surface area contributed by atoms with E-state index in [2.05, 4.69) is 4.98 Å². The van der Waals surface area contributed by atoms with Gasteiger partial charge in [-0.3, -0.25) is 9.36 Å². The topological polar surface area (TPSA) is 92.1 Å². The summed E-state index contributed by atoms with van der Waals surface area (Å²) in [6.07, 6.45) is -0.836. The standard InChI is InChI=1S/C29H28F3N3O6S/c1-38-22-14-21-20(13-23(22)40-12-6-11-34-10-5-9-25(34)36)33-17-35(21)26-15-24(27(42-26)28(37)39-2)41-16-18-7-3-4-8-19(18)29(30,31)32/h3-4,7-8,13-15,17H,5-6,9-12,16H2,1-2H3. The Morgan fingerprint density at radius 2 is 1.88 bits per heavy atom. The fourth-order valence-corrected chi connectivity index (χ4v) is 5.75. The third-order valence-electron chi connectivity index (χ3n) is 6.83. The lowest BCUT2D eigenvalue weighted by atomic mass is 10.1. The van der Waals surface area contributed by atoms with Crippen LogP contribution in [-0.4, -0.2) is 60.2 Å². The number of alkyl halides is 3. The molecule has 2 aromatic carbocycles. The highest BCUT2D eigenvalue weighted by atomic mass is 32.1. The van der Waals surface area contributed by atoms with E-state index in [4.69, 9.17) is 18.9 Å². The van der Waals surface area contributed by atoms with Crippen LogP contribution in [0.3, 0.4) is 0 Å². The van der Waals surface area contributed by atoms with Gasteiger partial charge >= 0.3 is 12.1 Å². The zero-order chi connectivity index (χ0) is 29.9. The smallest absolute Gasteiger partial charge is 0.416 e. The summed E-state index contributed by atoms with van der Waals surface area (Å²) in [5, 5.41) is 0.531. The third-order valence-corrected chi connectivity index (χ3v) is 7.93. The van der Waals surface area contributed by atoms with Gasteiger partial charge in [0.05, 0.1) is 37.4 Å². The molecule has 3 heterocycles. The van der Waals surface area contributed by atoms with Gasteiger partial charge in [0.15, 0.2) is 16.4 Å². The molecule has 0 saturated carbocycles. The van der Waals surface area contributed by atoms with Crippen molar-refractivity contribution in [3.05, 3.63) is 64.8 Å². The van der Waals surface area contributed by atoms with E-state index >= 15 is 0 Å². The van der Waals surface area contributed by atoms with Crippen LogP contribution >= 0.6 is 11.3 Å². The largest absolute Gasteiger partial charge is 0.493 e. The van der Waals surface area contributed by atoms with E-state index in [0.717, 1.165) is 30.4 Å². The number of thiophene rings is 1. The van der Waals surface area contributed by atoms with Crippen molar-refractivity contribution in [2.45, 2.75) is 32.0 Å². The number of ether oxygens (including phenoxy) is 4. The van der Waals surface area contributed by atoms with Crippen molar-refractivity contribution in [1.82, 2.24) is 14.5 Å². The quantitative estimate of drug-likeness (QED) is 0.156. The minimum absolute atomic E-state index is 0.0639. The number of halogens is 3. The fraction of sp³-hybridized carbons (Fsp3) is 0.345. The van der Waals surface area contributed by atoms with Gasteiger partial charge in [0.2, 0.25) is 5.91 Å². The molecular formula is C29H28F3N3O6S. The van der Waals surface area contributed by atoms with Gasteiger partial charge in [-0.1, -0.05) is 18.2 Å². The number of amides is 1. The van der Waals surface area contributed by atoms with Crippen molar-refractivity contribution in [3.63, 3.8) is 0 Å². The molecule has 0 atom stereocenters. The number of hydrogen-bond donors (Lipinski definition) is 0. The number of likely N-dealkylation sites (tertiary alicyclic amines) is 1. The summed E-state index contributed by atoms with van der Waals surface area (Å²) in [6.45, 7) is 1.39. The molecule has 9 nitrogen and oxygen atoms in total. The first kappa shape index (κ1) is 29.2. The number of aromatic nitrogens is 2. The Hall–Kier alpha value is -4.26. The number of nitrogens with zero attached hydrogens (tertiary/aromatic N) is 3. The zero-order valence-corrected chi connectivity index (χ0v) is 23.7. The average Bonchev–Trinajstić information content (AvgIpc) is 3.70. The van der Waals surface area contributed by atoms with Crippen molar-refractivity contribution >= 4 is 34.2 Å². The van der Waals surface area contributed by atoms with Crippen LogP contribution in [0, 0.1) is 0 Å². The van der Waals surface area contributed by atoms with Crippen molar-refractivity contribution < 1.29 is 41.7 Å². The maximum Gasteiger partial charge on any atom is 0.416 e. The lowest BCUT2D eigenvalue weighted by Crippen LogP contribution is -2.26. The van der Waals surface area contributed by atoms with Crippen molar-refractivity contribution in [3.8, 4) is 22.2 Å². The minimum Gasteiger partial charge on any atom is -0.493 e. The van der Waals surface area contributed by atoms with Crippen LogP contribution in [0.15, 0.2) is 48.8 Å². The molecule has 2 aromatic heterocycles. The van der Waals surface area contributed by atoms with Crippen LogP contribution < -0.4 is 14.2 Å². The van der Waals surface area contributed by atoms with Crippen molar-refractivity contribution in [2.24, 2.45) is 0 Å². The maximum atomic E-state index is 13.5. The highest BCUT2D eigenvalue weighted by molar-refractivity contribution is 7.16. The van der Waals surface area contributed by atoms with Crippen LogP contribution in [-0.2, 0) is 22.3 Å². The summed E-state index contributed by atoms with van der Waals surface area (Å²) in [5.74, 6) is 0.536. The first-order valence-electron chi connectivity index (χ1n) is 13.2. The normalized spacial score (nSPS) is 13.5. The second kappa shape index (κ2) is 12.3. The molecule has 1 saturated heterocycles. The number of carbonyl (C=O) groups is 2. The third kappa shape index (κ3) is 6.15. The average molecular weight is 604 g/mol. The summed E-state index contributed by atoms with van der Waals surface area (Å²) in [4.78, 5) is 30.8. The molecule has 1 amide bonds. The fourth-order valence-electron chi connectivity index (χ4n) is 4.74. The number of fused-ring (bicyclic) bond motifs is 1. The van der Waals surface area contributed by atoms with Gasteiger partial charge in [-0.05, 0) is 18.9 Å². The number of esters is 1. The highest BCUT2D eigenvalue weighted by Gasteiger charge is 2.33. The Morgan fingerprint density at radius 1 is 1.07 bits per heavy atom. The number of methoxy groups -OCH3 is 2. The van der Waals surface area contributed by atoms with Gasteiger partial charge in [0, 0.05) is 43.3 Å². The van der Waals surface area contributed by atoms with Crippen LogP contribution in [0.2, 0.25) is 0 Å². The molecule has 0 aliphatic carbocycles. The van der Waals surface area contributed by atoms with Crippen LogP contribution in [0.4, 0.5) is 13.2 Å². The summed E-state index contributed by atoms with van der Waals surface area (Å²) in [5.41, 5.74) is 0.366. The molecule has 0 bridgehead atoms. The van der Waals surface area contributed by atoms with Gasteiger partial charge in [-0.15, -0.1) is 11.3 Å². The first-order chi connectivity index (χ1) is 20.2. The summed E-state index contributed by atoms with van der Waals surface area (Å²) in [6, 6.07) is 10.2. The van der Waals surface area contributed by atoms with E-state index in [1.165, 1.54) is 32.4 Å². The molecule has 13 heteroatoms. The molecule has 5 rings (SSSR count). The van der Waals surface area contributed by atoms with Crippen LogP contribution in [0.5, 0.6) is 17.2 Å². The predicted molar refractivity (Wildman–Crippen MR) is 149 cm³/mol. The van der Waals surface area contributed by atoms with E-state index in [9.17, 15) is 22.8 Å². The zero-order valence-electron chi connectivity index (χ0n) is 22.9. The SMILES string of the molecule is COC(=O)c1sc(-n2cnc3cc(OCCCN4CCCC4=O)c(OC)cc32)cc1OCc1ccccc1C(F)(F)F. The second-order valence-corrected chi connectivity index (χ2v) is 10.5. The van der Waals surface area contributed by atoms with Crippen LogP contribution in [0.25, 0.3) is 16.0 Å². The second-order valence-electron chi connectivity index (χ2n) is 9.51. The van der Waals surface area contributed by atoms with Gasteiger partial charge in [0.25, 0.3) is 0 Å². The lowest BCUT2D eigenvalue weighted by Gasteiger charge is -2.16. The van der Waals surface area contributed by atoms with Gasteiger partial charge in [-0.2, -0.15) is 13.2 Å².